The molecule has 0 spiro atoms. The van der Waals surface area contributed by atoms with E-state index < -0.39 is 0 Å². The lowest BCUT2D eigenvalue weighted by Crippen LogP contribution is -2.51. The van der Waals surface area contributed by atoms with Gasteiger partial charge in [-0.15, -0.1) is 0 Å². The molecule has 11 unspecified atom stereocenters. The number of carbonyl (C=O) groups is 3. The quantitative estimate of drug-likeness (QED) is 0.0503. The van der Waals surface area contributed by atoms with Crippen molar-refractivity contribution < 1.29 is 43.9 Å². The minimum Gasteiger partial charge on any atom is -0.508 e. The minimum absolute atomic E-state index is 0.0490. The summed E-state index contributed by atoms with van der Waals surface area (Å²) in [7, 11) is 0. The van der Waals surface area contributed by atoms with Crippen molar-refractivity contribution in [2.75, 3.05) is 0 Å². The predicted molar refractivity (Wildman–Crippen MR) is 586 cm³/mol. The van der Waals surface area contributed by atoms with E-state index in [0.717, 1.165) is 179 Å². The van der Waals surface area contributed by atoms with Gasteiger partial charge in [0.1, 0.15) is 34.5 Å². The standard InChI is InChI=1S/3C21H28O2.C14H14.C14H16.C11H14.3C10H14O/c3*1-3-14(2)18-4-6-19(7-5-18)23-20(22)21-11-15-8-16(12-21)10-17(9-15)13-21;1-9-10(2)13-8-4-6-11-5-3-7-12(9)14(11)13;1-3-11(2)13-10-6-8-12-7-4-5-9-14(12)13;1-8-7-10-5-3-4-6-11(10)9(8)2;3*1-3-8(2)9-4-6-10(11)7-5-9/h3*4-7,14-17H,3,8-13H2,1-2H3;3-10H,1-2H3;4-11H,3H2,1-2H3;3-6,8-9H,7H2,1-2H3;3*4-8,11H,3H2,1-2H3. The Morgan fingerprint density at radius 1 is 0.277 bits per heavy atom. The summed E-state index contributed by atoms with van der Waals surface area (Å²) in [6.45, 7) is 40.2. The first-order chi connectivity index (χ1) is 67.8. The van der Waals surface area contributed by atoms with Crippen molar-refractivity contribution in [1.29, 1.82) is 0 Å². The predicted octanol–water partition coefficient (Wildman–Crippen LogP) is 36.1. The van der Waals surface area contributed by atoms with Crippen molar-refractivity contribution in [3.63, 3.8) is 0 Å². The summed E-state index contributed by atoms with van der Waals surface area (Å²) < 4.78 is 17.5. The Morgan fingerprint density at radius 3 is 0.801 bits per heavy atom. The molecule has 12 saturated carbocycles. The summed E-state index contributed by atoms with van der Waals surface area (Å²) in [4.78, 5) is 38.8. The van der Waals surface area contributed by atoms with Crippen LogP contribution in [0, 0.1) is 75.4 Å². The summed E-state index contributed by atoms with van der Waals surface area (Å²) in [5.41, 5.74) is 15.0. The SMILES string of the molecule is CC1Cc2ccccc2C1C.CC1c2cccc3cccc(c23)C1C.CCC(C)c1ccc(O)cc1.CCC(C)c1ccc(O)cc1.CCC(C)c1ccc(O)cc1.CCC(C)c1ccc(OC(=O)C23CC4CC(CC(C4)C2)C3)cc1.CCC(C)c1ccc(OC(=O)C23CC4CC(CC(C4)C2)C3)cc1.CCC(C)c1ccc(OC(=O)C23CC4CC(CC(C4)C2)C3)cc1.CCC(C)c1cccc2ccccc12. The van der Waals surface area contributed by atoms with Crippen LogP contribution in [-0.4, -0.2) is 33.2 Å². The average Bonchev–Trinajstić information content (AvgIpc) is 1.73. The van der Waals surface area contributed by atoms with Crippen LogP contribution in [0.5, 0.6) is 34.5 Å². The average molecular weight is 1900 g/mol. The fourth-order valence-electron chi connectivity index (χ4n) is 26.7. The molecule has 25 rings (SSSR count). The second-order valence-corrected chi connectivity index (χ2v) is 46.0. The molecular formula is C132H170O9. The lowest BCUT2D eigenvalue weighted by molar-refractivity contribution is -0.162. The van der Waals surface area contributed by atoms with E-state index in [1.165, 1.54) is 142 Å². The van der Waals surface area contributed by atoms with Crippen LogP contribution in [0.25, 0.3) is 21.5 Å². The molecule has 0 amide bonds. The number of phenols is 3. The van der Waals surface area contributed by atoms with Gasteiger partial charge in [0, 0.05) is 0 Å². The van der Waals surface area contributed by atoms with Gasteiger partial charge in [0.2, 0.25) is 0 Å². The summed E-state index contributed by atoms with van der Waals surface area (Å²) in [5.74, 6) is 17.4. The number of aromatic hydroxyl groups is 3. The zero-order valence-corrected chi connectivity index (χ0v) is 88.9. The molecule has 12 fully saturated rings. The van der Waals surface area contributed by atoms with Gasteiger partial charge in [0.25, 0.3) is 0 Å². The Morgan fingerprint density at radius 2 is 0.518 bits per heavy atom. The van der Waals surface area contributed by atoms with Crippen LogP contribution in [0.4, 0.5) is 0 Å². The van der Waals surface area contributed by atoms with Gasteiger partial charge in [0.05, 0.1) is 16.2 Å². The number of esters is 3. The van der Waals surface area contributed by atoms with Crippen molar-refractivity contribution in [2.24, 2.45) is 75.4 Å². The fourth-order valence-corrected chi connectivity index (χ4v) is 26.7. The van der Waals surface area contributed by atoms with Gasteiger partial charge in [-0.25, -0.2) is 0 Å². The maximum Gasteiger partial charge on any atom is 0.317 e. The Hall–Kier alpha value is -10.3. The van der Waals surface area contributed by atoms with Crippen molar-refractivity contribution in [1.82, 2.24) is 0 Å². The molecule has 11 aromatic rings. The number of benzene rings is 11. The van der Waals surface area contributed by atoms with Gasteiger partial charge < -0.3 is 29.5 Å². The fraction of sp³-hybridized carbons (Fsp3) is 0.508. The maximum absolute atomic E-state index is 12.9. The minimum atomic E-state index is -0.163. The molecule has 14 aliphatic carbocycles. The Bertz CT molecular complexity index is 5270. The molecule has 3 N–H and O–H groups in total. The highest BCUT2D eigenvalue weighted by atomic mass is 16.5. The molecule has 11 atom stereocenters. The first-order valence-electron chi connectivity index (χ1n) is 55.3. The van der Waals surface area contributed by atoms with Gasteiger partial charge in [0.15, 0.2) is 0 Å². The molecule has 141 heavy (non-hydrogen) atoms. The van der Waals surface area contributed by atoms with E-state index >= 15 is 0 Å². The van der Waals surface area contributed by atoms with Gasteiger partial charge >= 0.3 is 17.9 Å². The summed E-state index contributed by atoms with van der Waals surface area (Å²) in [6.07, 6.45) is 31.2. The van der Waals surface area contributed by atoms with Crippen LogP contribution in [-0.2, 0) is 20.8 Å². The smallest absolute Gasteiger partial charge is 0.317 e. The van der Waals surface area contributed by atoms with Crippen LogP contribution in [0.2, 0.25) is 0 Å². The molecule has 11 aromatic carbocycles. The van der Waals surface area contributed by atoms with Crippen molar-refractivity contribution in [3.8, 4) is 34.5 Å². The highest BCUT2D eigenvalue weighted by molar-refractivity contribution is 5.92. The van der Waals surface area contributed by atoms with Crippen molar-refractivity contribution >= 4 is 39.5 Å². The van der Waals surface area contributed by atoms with Crippen LogP contribution < -0.4 is 14.2 Å². The molecule has 752 valence electrons. The van der Waals surface area contributed by atoms with E-state index in [-0.39, 0.29) is 34.2 Å². The van der Waals surface area contributed by atoms with Crippen LogP contribution in [0.1, 0.15) is 406 Å². The highest BCUT2D eigenvalue weighted by Crippen LogP contribution is 2.64. The van der Waals surface area contributed by atoms with E-state index in [0.29, 0.717) is 70.5 Å². The Kier molecular flexibility index (Phi) is 36.9. The number of rotatable bonds is 20. The largest absolute Gasteiger partial charge is 0.508 e. The molecule has 9 heteroatoms. The monoisotopic (exact) mass is 1900 g/mol. The first-order valence-corrected chi connectivity index (χ1v) is 55.3. The van der Waals surface area contributed by atoms with Crippen LogP contribution in [0.3, 0.4) is 0 Å². The second kappa shape index (κ2) is 48.9. The third kappa shape index (κ3) is 26.5. The van der Waals surface area contributed by atoms with Gasteiger partial charge in [-0.3, -0.25) is 14.4 Å². The van der Waals surface area contributed by atoms with Crippen molar-refractivity contribution in [2.45, 2.75) is 351 Å². The van der Waals surface area contributed by atoms with Crippen LogP contribution >= 0.6 is 0 Å². The molecule has 12 bridgehead atoms. The number of carbonyl (C=O) groups excluding carboxylic acids is 3. The highest BCUT2D eigenvalue weighted by Gasteiger charge is 2.58. The Balaban J connectivity index is 0.000000128. The van der Waals surface area contributed by atoms with Gasteiger partial charge in [-0.1, -0.05) is 301 Å². The number of phenolic OH excluding ortho intramolecular Hbond substituents is 3. The number of hydrogen-bond donors (Lipinski definition) is 3. The first kappa shape index (κ1) is 107. The molecule has 0 saturated heterocycles. The van der Waals surface area contributed by atoms with Crippen molar-refractivity contribution in [3.05, 3.63) is 310 Å². The second-order valence-electron chi connectivity index (χ2n) is 46.0. The van der Waals surface area contributed by atoms with Crippen LogP contribution in [0.15, 0.2) is 249 Å². The zero-order valence-electron chi connectivity index (χ0n) is 88.9. The molecular weight excluding hydrogens is 1730 g/mol. The van der Waals surface area contributed by atoms with E-state index in [4.69, 9.17) is 29.5 Å². The van der Waals surface area contributed by atoms with E-state index in [9.17, 15) is 14.4 Å². The molecule has 0 aliphatic heterocycles. The molecule has 14 aliphatic rings. The van der Waals surface area contributed by atoms with E-state index in [1.54, 1.807) is 47.5 Å². The third-order valence-corrected chi connectivity index (χ3v) is 36.1. The van der Waals surface area contributed by atoms with Gasteiger partial charge in [-0.2, -0.15) is 0 Å². The van der Waals surface area contributed by atoms with E-state index in [2.05, 4.69) is 264 Å². The zero-order chi connectivity index (χ0) is 100. The lowest BCUT2D eigenvalue weighted by Gasteiger charge is -2.55. The summed E-state index contributed by atoms with van der Waals surface area (Å²) >= 11 is 0. The summed E-state index contributed by atoms with van der Waals surface area (Å²) in [6, 6.07) is 84.1. The third-order valence-electron chi connectivity index (χ3n) is 36.1. The maximum atomic E-state index is 12.9. The normalized spacial score (nSPS) is 26.6. The molecule has 0 radical (unpaired) electrons. The topological polar surface area (TPSA) is 140 Å². The molecule has 0 heterocycles. The lowest BCUT2D eigenvalue weighted by atomic mass is 9.49. The molecule has 9 nitrogen and oxygen atoms in total. The number of fused-ring (bicyclic) bond motifs is 2. The Labute approximate surface area is 848 Å². The van der Waals surface area contributed by atoms with E-state index in [1.807, 2.05) is 72.8 Å². The summed E-state index contributed by atoms with van der Waals surface area (Å²) in [5, 5.41) is 32.7. The van der Waals surface area contributed by atoms with Gasteiger partial charge in [-0.05, 0) is 441 Å². The molecule has 0 aromatic heterocycles. The number of ether oxygens (including phenoxy) is 3. The number of hydrogen-bond acceptors (Lipinski definition) is 9.